The van der Waals surface area contributed by atoms with Gasteiger partial charge in [0.25, 0.3) is 0 Å². The molecule has 5 nitrogen and oxygen atoms in total. The van der Waals surface area contributed by atoms with Gasteiger partial charge in [-0.3, -0.25) is 4.79 Å². The third-order valence-corrected chi connectivity index (χ3v) is 1.23. The quantitative estimate of drug-likeness (QED) is 0.326. The Morgan fingerprint density at radius 2 is 2.00 bits per heavy atom. The van der Waals surface area contributed by atoms with Crippen LogP contribution in [0.4, 0.5) is 0 Å². The first-order chi connectivity index (χ1) is 6.93. The number of hydrogen-bond acceptors (Lipinski definition) is 4. The minimum absolute atomic E-state index is 0.150. The van der Waals surface area contributed by atoms with Gasteiger partial charge in [0.2, 0.25) is 0 Å². The first-order valence-electron chi connectivity index (χ1n) is 3.76. The fourth-order valence-corrected chi connectivity index (χ4v) is 0.549. The van der Waals surface area contributed by atoms with Crippen molar-refractivity contribution in [1.82, 2.24) is 0 Å². The number of carboxylic acids is 1. The number of aliphatic hydroxyl groups excluding tert-OH is 1. The molecule has 0 aromatic heterocycles. The monoisotopic (exact) mass is 232 g/mol. The largest absolute Gasteiger partial charge is 0.502 e. The molecule has 0 aliphatic carbocycles. The molecule has 0 amide bonds. The molecule has 0 spiro atoms. The molecule has 0 aliphatic rings. The number of rotatable bonds is 5. The second-order valence-electron chi connectivity index (χ2n) is 2.34. The number of ether oxygens (including phenoxy) is 1. The van der Waals surface area contributed by atoms with E-state index in [9.17, 15) is 9.59 Å². The molecule has 0 aromatic carbocycles. The van der Waals surface area contributed by atoms with E-state index >= 15 is 0 Å². The van der Waals surface area contributed by atoms with Crippen molar-refractivity contribution in [2.75, 3.05) is 0 Å². The molecule has 0 atom stereocenters. The molecule has 0 unspecified atom stereocenters. The zero-order valence-electron chi connectivity index (χ0n) is 7.64. The number of halogens is 1. The van der Waals surface area contributed by atoms with Crippen LogP contribution >= 0.6 is 11.6 Å². The van der Waals surface area contributed by atoms with Crippen LogP contribution in [0, 0.1) is 0 Å². The normalized spacial score (nSPS) is 11.4. The van der Waals surface area contributed by atoms with Crippen LogP contribution in [-0.4, -0.2) is 22.2 Å². The second-order valence-corrected chi connectivity index (χ2v) is 2.83. The highest BCUT2D eigenvalue weighted by Gasteiger charge is 2.07. The first kappa shape index (κ1) is 13.2. The molecule has 0 rings (SSSR count). The van der Waals surface area contributed by atoms with Crippen LogP contribution in [-0.2, 0) is 14.3 Å². The Morgan fingerprint density at radius 3 is 2.47 bits per heavy atom. The van der Waals surface area contributed by atoms with Crippen molar-refractivity contribution in [2.24, 2.45) is 0 Å². The van der Waals surface area contributed by atoms with Gasteiger partial charge >= 0.3 is 11.9 Å². The van der Waals surface area contributed by atoms with Gasteiger partial charge < -0.3 is 14.9 Å². The zero-order chi connectivity index (χ0) is 11.8. The van der Waals surface area contributed by atoms with Crippen LogP contribution in [0.25, 0.3) is 0 Å². The third-order valence-electron chi connectivity index (χ3n) is 1.10. The average molecular weight is 233 g/mol. The van der Waals surface area contributed by atoms with Crippen molar-refractivity contribution < 1.29 is 24.5 Å². The molecule has 0 fully saturated rings. The lowest BCUT2D eigenvalue weighted by Crippen LogP contribution is -2.04. The Bertz CT molecular complexity index is 329. The molecule has 82 valence electrons. The fraction of sp³-hybridized carbons (Fsp3) is 0.111. The second kappa shape index (κ2) is 6.67. The van der Waals surface area contributed by atoms with Crippen LogP contribution < -0.4 is 0 Å². The molecule has 15 heavy (non-hydrogen) atoms. The van der Waals surface area contributed by atoms with Crippen molar-refractivity contribution in [2.45, 2.75) is 6.42 Å². The van der Waals surface area contributed by atoms with Crippen molar-refractivity contribution in [3.63, 3.8) is 0 Å². The summed E-state index contributed by atoms with van der Waals surface area (Å²) in [6.07, 6.45) is 2.49. The number of aliphatic hydroxyl groups is 1. The summed E-state index contributed by atoms with van der Waals surface area (Å²) in [5.41, 5.74) is 0. The van der Waals surface area contributed by atoms with E-state index in [-0.39, 0.29) is 5.03 Å². The van der Waals surface area contributed by atoms with Gasteiger partial charge in [0.05, 0.1) is 12.7 Å². The van der Waals surface area contributed by atoms with Gasteiger partial charge in [0.15, 0.2) is 5.76 Å². The van der Waals surface area contributed by atoms with Gasteiger partial charge in [-0.05, 0) is 12.2 Å². The molecular formula is C9H9ClO5. The van der Waals surface area contributed by atoms with Gasteiger partial charge in [-0.15, -0.1) is 0 Å². The molecule has 0 saturated carbocycles. The van der Waals surface area contributed by atoms with E-state index in [0.717, 1.165) is 12.3 Å². The summed E-state index contributed by atoms with van der Waals surface area (Å²) >= 11 is 5.32. The highest BCUT2D eigenvalue weighted by atomic mass is 35.5. The lowest BCUT2D eigenvalue weighted by Gasteiger charge is -1.96. The Kier molecular flexibility index (Phi) is 5.89. The summed E-state index contributed by atoms with van der Waals surface area (Å²) < 4.78 is 4.37. The fourth-order valence-electron chi connectivity index (χ4n) is 0.497. The Hall–Kier alpha value is -1.75. The van der Waals surface area contributed by atoms with E-state index in [4.69, 9.17) is 21.8 Å². The van der Waals surface area contributed by atoms with Crippen molar-refractivity contribution in [3.8, 4) is 0 Å². The Labute approximate surface area is 90.9 Å². The molecule has 2 N–H and O–H groups in total. The number of esters is 1. The van der Waals surface area contributed by atoms with E-state index < -0.39 is 24.1 Å². The van der Waals surface area contributed by atoms with Crippen LogP contribution in [0.2, 0.25) is 0 Å². The summed E-state index contributed by atoms with van der Waals surface area (Å²) in [5, 5.41) is 17.4. The summed E-state index contributed by atoms with van der Waals surface area (Å²) in [4.78, 5) is 21.0. The molecule has 6 heteroatoms. The van der Waals surface area contributed by atoms with Gasteiger partial charge in [0.1, 0.15) is 0 Å². The van der Waals surface area contributed by atoms with E-state index in [1.54, 1.807) is 0 Å². The average Bonchev–Trinajstić information content (AvgIpc) is 2.13. The number of carbonyl (C=O) groups is 2. The van der Waals surface area contributed by atoms with Gasteiger partial charge in [-0.25, -0.2) is 4.79 Å². The van der Waals surface area contributed by atoms with E-state index in [2.05, 4.69) is 11.3 Å². The Morgan fingerprint density at radius 1 is 1.40 bits per heavy atom. The van der Waals surface area contributed by atoms with Crippen LogP contribution in [0.5, 0.6) is 0 Å². The summed E-state index contributed by atoms with van der Waals surface area (Å²) in [5.74, 6) is -3.01. The Balaban J connectivity index is 4.15. The van der Waals surface area contributed by atoms with Crippen molar-refractivity contribution in [3.05, 3.63) is 35.8 Å². The summed E-state index contributed by atoms with van der Waals surface area (Å²) in [6, 6.07) is 0. The smallest absolute Gasteiger partial charge is 0.377 e. The van der Waals surface area contributed by atoms with Gasteiger partial charge in [-0.1, -0.05) is 18.2 Å². The van der Waals surface area contributed by atoms with Crippen molar-refractivity contribution >= 4 is 23.5 Å². The van der Waals surface area contributed by atoms with E-state index in [1.807, 2.05) is 0 Å². The van der Waals surface area contributed by atoms with Gasteiger partial charge in [-0.2, -0.15) is 0 Å². The van der Waals surface area contributed by atoms with E-state index in [1.165, 1.54) is 6.08 Å². The number of carboxylic acid groups (broad SMARTS) is 1. The van der Waals surface area contributed by atoms with Crippen LogP contribution in [0.15, 0.2) is 35.8 Å². The van der Waals surface area contributed by atoms with Crippen LogP contribution in [0.1, 0.15) is 6.42 Å². The topological polar surface area (TPSA) is 83.8 Å². The predicted octanol–water partition coefficient (Wildman–Crippen LogP) is 1.71. The standard InChI is InChI=1S/C9H9ClO5/c1-6(10)4-5-15-9(14)7(11)2-3-8(12)13/h2,4-5,11H,1,3H2,(H,12,13). The maximum Gasteiger partial charge on any atom is 0.377 e. The summed E-state index contributed by atoms with van der Waals surface area (Å²) in [7, 11) is 0. The minimum Gasteiger partial charge on any atom is -0.502 e. The maximum atomic E-state index is 10.9. The molecule has 0 aromatic rings. The number of aliphatic carboxylic acids is 1. The zero-order valence-corrected chi connectivity index (χ0v) is 8.40. The molecule has 0 aliphatic heterocycles. The number of allylic oxidation sites excluding steroid dienone is 2. The molecule has 0 bridgehead atoms. The lowest BCUT2D eigenvalue weighted by atomic mass is 10.3. The maximum absolute atomic E-state index is 10.9. The predicted molar refractivity (Wildman–Crippen MR) is 53.2 cm³/mol. The minimum atomic E-state index is -1.17. The highest BCUT2D eigenvalue weighted by Crippen LogP contribution is 2.00. The molecular weight excluding hydrogens is 224 g/mol. The molecule has 0 radical (unpaired) electrons. The third kappa shape index (κ3) is 7.33. The highest BCUT2D eigenvalue weighted by molar-refractivity contribution is 6.30. The number of carbonyl (C=O) groups excluding carboxylic acids is 1. The first-order valence-corrected chi connectivity index (χ1v) is 4.14. The SMILES string of the molecule is C=C(Cl)C=COC(=O)C(O)=CCC(=O)O. The van der Waals surface area contributed by atoms with E-state index in [0.29, 0.717) is 0 Å². The lowest BCUT2D eigenvalue weighted by molar-refractivity contribution is -0.136. The molecule has 0 heterocycles. The molecule has 0 saturated heterocycles. The van der Waals surface area contributed by atoms with Crippen molar-refractivity contribution in [1.29, 1.82) is 0 Å². The van der Waals surface area contributed by atoms with Crippen LogP contribution in [0.3, 0.4) is 0 Å². The van der Waals surface area contributed by atoms with Gasteiger partial charge in [0, 0.05) is 5.03 Å². The number of hydrogen-bond donors (Lipinski definition) is 2. The summed E-state index contributed by atoms with van der Waals surface area (Å²) in [6.45, 7) is 3.29.